The number of rotatable bonds is 8. The van der Waals surface area contributed by atoms with E-state index < -0.39 is 10.0 Å². The van der Waals surface area contributed by atoms with Crippen molar-refractivity contribution in [3.8, 4) is 0 Å². The molecule has 0 amide bonds. The van der Waals surface area contributed by atoms with Crippen molar-refractivity contribution in [2.45, 2.75) is 34.5 Å². The summed E-state index contributed by atoms with van der Waals surface area (Å²) in [5, 5.41) is 4.07. The van der Waals surface area contributed by atoms with E-state index in [9.17, 15) is 8.42 Å². The summed E-state index contributed by atoms with van der Waals surface area (Å²) in [7, 11) is -3.87. The van der Waals surface area contributed by atoms with Crippen LogP contribution in [0.25, 0.3) is 11.0 Å². The Morgan fingerprint density at radius 3 is 2.38 bits per heavy atom. The van der Waals surface area contributed by atoms with Gasteiger partial charge in [-0.25, -0.2) is 23.4 Å². The van der Waals surface area contributed by atoms with Crippen molar-refractivity contribution < 1.29 is 8.42 Å². The van der Waals surface area contributed by atoms with Crippen molar-refractivity contribution in [1.29, 1.82) is 0 Å². The quantitative estimate of drug-likeness (QED) is 0.156. The molecule has 0 bridgehead atoms. The number of nitrogens with zero attached hydrogens (tertiary/aromatic N) is 3. The van der Waals surface area contributed by atoms with Crippen molar-refractivity contribution in [1.82, 2.24) is 15.0 Å². The number of pyridine rings is 1. The number of benzene rings is 3. The first kappa shape index (κ1) is 26.9. The van der Waals surface area contributed by atoms with Crippen LogP contribution in [0.4, 0.5) is 22.9 Å². The lowest BCUT2D eigenvalue weighted by Crippen LogP contribution is -2.13. The van der Waals surface area contributed by atoms with Gasteiger partial charge in [0.05, 0.1) is 16.0 Å². The van der Waals surface area contributed by atoms with E-state index in [1.54, 1.807) is 42.5 Å². The van der Waals surface area contributed by atoms with E-state index in [-0.39, 0.29) is 10.8 Å². The number of hydrogen-bond donors (Lipinski definition) is 3. The van der Waals surface area contributed by atoms with Gasteiger partial charge in [0.15, 0.2) is 5.65 Å². The van der Waals surface area contributed by atoms with Crippen molar-refractivity contribution >= 4 is 71.6 Å². The molecular formula is C28H25BrN6O2S2. The predicted molar refractivity (Wildman–Crippen MR) is 161 cm³/mol. The Balaban J connectivity index is 1.55. The number of halogens is 1. The SMILES string of the molecule is CC(C)c1ccc2c(Nc3cc(S(=O)(=O)Nc4ccc(Br)cc4)ccc3Sc3ccc(N)cc3)ncnc2n1. The van der Waals surface area contributed by atoms with E-state index in [2.05, 4.69) is 54.8 Å². The van der Waals surface area contributed by atoms with Gasteiger partial charge >= 0.3 is 0 Å². The standard InChI is InChI=1S/C28H25BrN6O2S2/c1-17(2)24-13-12-23-27(33-24)31-16-32-28(23)34-25-15-22(39(36,37)35-20-7-3-18(29)4-8-20)11-14-26(25)38-21-9-5-19(30)6-10-21/h3-17,35H,30H2,1-2H3,(H,31,32,33,34). The van der Waals surface area contributed by atoms with Gasteiger partial charge in [0.2, 0.25) is 0 Å². The number of anilines is 4. The average molecular weight is 622 g/mol. The van der Waals surface area contributed by atoms with E-state index >= 15 is 0 Å². The van der Waals surface area contributed by atoms with Gasteiger partial charge in [-0.3, -0.25) is 4.72 Å². The van der Waals surface area contributed by atoms with Crippen LogP contribution in [0.3, 0.4) is 0 Å². The zero-order valence-electron chi connectivity index (χ0n) is 21.1. The highest BCUT2D eigenvalue weighted by molar-refractivity contribution is 9.10. The number of fused-ring (bicyclic) bond motifs is 1. The average Bonchev–Trinajstić information content (AvgIpc) is 2.92. The maximum atomic E-state index is 13.3. The molecule has 0 radical (unpaired) electrons. The molecule has 11 heteroatoms. The maximum absolute atomic E-state index is 13.3. The van der Waals surface area contributed by atoms with Crippen LogP contribution < -0.4 is 15.8 Å². The molecule has 0 atom stereocenters. The van der Waals surface area contributed by atoms with Crippen LogP contribution in [0.1, 0.15) is 25.5 Å². The lowest BCUT2D eigenvalue weighted by atomic mass is 10.1. The van der Waals surface area contributed by atoms with Gasteiger partial charge in [-0.2, -0.15) is 0 Å². The zero-order chi connectivity index (χ0) is 27.6. The minimum Gasteiger partial charge on any atom is -0.399 e. The molecule has 0 spiro atoms. The second-order valence-corrected chi connectivity index (χ2v) is 12.8. The van der Waals surface area contributed by atoms with E-state index in [0.29, 0.717) is 28.5 Å². The van der Waals surface area contributed by atoms with Gasteiger partial charge in [0, 0.05) is 31.3 Å². The summed E-state index contributed by atoms with van der Waals surface area (Å²) in [5.41, 5.74) is 9.05. The highest BCUT2D eigenvalue weighted by Crippen LogP contribution is 2.37. The Hall–Kier alpha value is -3.67. The zero-order valence-corrected chi connectivity index (χ0v) is 24.3. The van der Waals surface area contributed by atoms with E-state index in [1.165, 1.54) is 18.1 Å². The first-order chi connectivity index (χ1) is 18.7. The fourth-order valence-corrected chi connectivity index (χ4v) is 5.99. The molecule has 0 saturated carbocycles. The molecule has 4 N–H and O–H groups in total. The summed E-state index contributed by atoms with van der Waals surface area (Å²) >= 11 is 4.85. The Labute approximate surface area is 239 Å². The smallest absolute Gasteiger partial charge is 0.261 e. The molecule has 0 aliphatic carbocycles. The van der Waals surface area contributed by atoms with Crippen LogP contribution in [0.2, 0.25) is 0 Å². The first-order valence-corrected chi connectivity index (χ1v) is 15.1. The van der Waals surface area contributed by atoms with Gasteiger partial charge in [-0.05, 0) is 84.8 Å². The van der Waals surface area contributed by atoms with Gasteiger partial charge < -0.3 is 11.1 Å². The third-order valence-corrected chi connectivity index (χ3v) is 8.82. The molecule has 0 fully saturated rings. The number of nitrogens with two attached hydrogens (primary N) is 1. The minimum atomic E-state index is -3.87. The summed E-state index contributed by atoms with van der Waals surface area (Å²) < 4.78 is 30.1. The molecule has 5 aromatic rings. The van der Waals surface area contributed by atoms with Crippen LogP contribution in [0.5, 0.6) is 0 Å². The summed E-state index contributed by atoms with van der Waals surface area (Å²) in [4.78, 5) is 15.3. The van der Waals surface area contributed by atoms with Crippen molar-refractivity contribution in [3.05, 3.63) is 95.4 Å². The molecule has 39 heavy (non-hydrogen) atoms. The Morgan fingerprint density at radius 1 is 0.923 bits per heavy atom. The maximum Gasteiger partial charge on any atom is 0.261 e. The van der Waals surface area contributed by atoms with Gasteiger partial charge in [0.1, 0.15) is 12.1 Å². The summed E-state index contributed by atoms with van der Waals surface area (Å²) in [6, 6.07) is 23.3. The fraction of sp³-hybridized carbons (Fsp3) is 0.107. The third kappa shape index (κ3) is 6.32. The molecule has 198 valence electrons. The van der Waals surface area contributed by atoms with Gasteiger partial charge in [-0.15, -0.1) is 0 Å². The number of sulfonamides is 1. The fourth-order valence-electron chi connectivity index (χ4n) is 3.76. The van der Waals surface area contributed by atoms with Crippen LogP contribution >= 0.6 is 27.7 Å². The number of aromatic nitrogens is 3. The Morgan fingerprint density at radius 2 is 1.67 bits per heavy atom. The van der Waals surface area contributed by atoms with Crippen LogP contribution in [0, 0.1) is 0 Å². The van der Waals surface area contributed by atoms with Crippen LogP contribution in [-0.2, 0) is 10.0 Å². The molecule has 8 nitrogen and oxygen atoms in total. The van der Waals surface area contributed by atoms with Crippen LogP contribution in [-0.4, -0.2) is 23.4 Å². The molecule has 0 unspecified atom stereocenters. The van der Waals surface area contributed by atoms with E-state index in [4.69, 9.17) is 5.73 Å². The number of hydrogen-bond acceptors (Lipinski definition) is 8. The van der Waals surface area contributed by atoms with Crippen molar-refractivity contribution in [2.24, 2.45) is 0 Å². The lowest BCUT2D eigenvalue weighted by Gasteiger charge is -2.16. The largest absolute Gasteiger partial charge is 0.399 e. The minimum absolute atomic E-state index is 0.105. The Bertz CT molecular complexity index is 1750. The molecule has 0 saturated heterocycles. The highest BCUT2D eigenvalue weighted by atomic mass is 79.9. The van der Waals surface area contributed by atoms with Gasteiger partial charge in [0.25, 0.3) is 10.0 Å². The summed E-state index contributed by atoms with van der Waals surface area (Å²) in [6.07, 6.45) is 1.45. The van der Waals surface area contributed by atoms with Crippen molar-refractivity contribution in [3.63, 3.8) is 0 Å². The molecule has 0 aliphatic rings. The molecule has 2 aromatic heterocycles. The Kier molecular flexibility index (Phi) is 7.74. The van der Waals surface area contributed by atoms with E-state index in [1.807, 2.05) is 36.4 Å². The van der Waals surface area contributed by atoms with Crippen LogP contribution in [0.15, 0.2) is 104 Å². The monoisotopic (exact) mass is 620 g/mol. The molecular weight excluding hydrogens is 596 g/mol. The van der Waals surface area contributed by atoms with Crippen molar-refractivity contribution in [2.75, 3.05) is 15.8 Å². The van der Waals surface area contributed by atoms with Gasteiger partial charge in [-0.1, -0.05) is 41.5 Å². The first-order valence-electron chi connectivity index (χ1n) is 12.0. The normalized spacial score (nSPS) is 11.6. The molecule has 2 heterocycles. The topological polar surface area (TPSA) is 123 Å². The molecule has 0 aliphatic heterocycles. The van der Waals surface area contributed by atoms with E-state index in [0.717, 1.165) is 25.3 Å². The summed E-state index contributed by atoms with van der Waals surface area (Å²) in [5.74, 6) is 0.779. The lowest BCUT2D eigenvalue weighted by molar-refractivity contribution is 0.601. The number of nitrogen functional groups attached to an aromatic ring is 1. The predicted octanol–water partition coefficient (Wildman–Crippen LogP) is 7.19. The molecule has 3 aromatic carbocycles. The molecule has 5 rings (SSSR count). The highest BCUT2D eigenvalue weighted by Gasteiger charge is 2.18. The summed E-state index contributed by atoms with van der Waals surface area (Å²) in [6.45, 7) is 4.15. The second kappa shape index (κ2) is 11.2. The number of nitrogens with one attached hydrogen (secondary N) is 2. The second-order valence-electron chi connectivity index (χ2n) is 9.05. The third-order valence-electron chi connectivity index (χ3n) is 5.83.